The van der Waals surface area contributed by atoms with Gasteiger partial charge in [0.05, 0.1) is 6.61 Å². The summed E-state index contributed by atoms with van der Waals surface area (Å²) in [6, 6.07) is 2.03. The second kappa shape index (κ2) is 9.29. The highest BCUT2D eigenvalue weighted by Gasteiger charge is 2.33. The van der Waals surface area contributed by atoms with Gasteiger partial charge in [0.1, 0.15) is 0 Å². The zero-order valence-electron chi connectivity index (χ0n) is 16.8. The third-order valence-corrected chi connectivity index (χ3v) is 5.45. The van der Waals surface area contributed by atoms with Crippen molar-refractivity contribution in [2.45, 2.75) is 38.5 Å². The highest BCUT2D eigenvalue weighted by atomic mass is 16.7. The predicted molar refractivity (Wildman–Crippen MR) is 103 cm³/mol. The van der Waals surface area contributed by atoms with Crippen LogP contribution in [0.1, 0.15) is 25.0 Å². The fourth-order valence-electron chi connectivity index (χ4n) is 3.82. The van der Waals surface area contributed by atoms with Crippen molar-refractivity contribution in [1.29, 1.82) is 0 Å². The lowest BCUT2D eigenvalue weighted by Gasteiger charge is -2.35. The molecule has 3 aliphatic heterocycles. The molecule has 3 aliphatic rings. The molecule has 1 fully saturated rings. The van der Waals surface area contributed by atoms with E-state index >= 15 is 0 Å². The molecule has 1 aromatic rings. The summed E-state index contributed by atoms with van der Waals surface area (Å²) in [5.41, 5.74) is 1.25. The Morgan fingerprint density at radius 2 is 1.80 bits per heavy atom. The number of hydrogen-bond acceptors (Lipinski definition) is 8. The molecule has 1 aromatic heterocycles. The lowest BCUT2D eigenvalue weighted by molar-refractivity contribution is -0.191. The molecule has 10 nitrogen and oxygen atoms in total. The maximum Gasteiger partial charge on any atom is 0.334 e. The lowest BCUT2D eigenvalue weighted by Crippen LogP contribution is -2.52. The SMILES string of the molecule is O=C1C=CC(=O)OC(C(=O)N2CCN(CCCOc3cc4n(n3)CCCC4)CC2)O1. The summed E-state index contributed by atoms with van der Waals surface area (Å²) in [5.74, 6) is -1.34. The summed E-state index contributed by atoms with van der Waals surface area (Å²) in [6.07, 6.45) is 4.70. The zero-order chi connectivity index (χ0) is 20.9. The van der Waals surface area contributed by atoms with Gasteiger partial charge in [-0.2, -0.15) is 0 Å². The Morgan fingerprint density at radius 1 is 1.07 bits per heavy atom. The van der Waals surface area contributed by atoms with E-state index in [-0.39, 0.29) is 0 Å². The molecule has 30 heavy (non-hydrogen) atoms. The van der Waals surface area contributed by atoms with Crippen LogP contribution in [0.25, 0.3) is 0 Å². The van der Waals surface area contributed by atoms with E-state index in [1.165, 1.54) is 18.5 Å². The first-order valence-corrected chi connectivity index (χ1v) is 10.4. The Bertz CT molecular complexity index is 784. The minimum atomic E-state index is -1.51. The molecule has 10 heteroatoms. The van der Waals surface area contributed by atoms with Crippen LogP contribution in [0.5, 0.6) is 5.88 Å². The van der Waals surface area contributed by atoms with E-state index in [4.69, 9.17) is 14.2 Å². The second-order valence-electron chi connectivity index (χ2n) is 7.56. The maximum atomic E-state index is 12.5. The summed E-state index contributed by atoms with van der Waals surface area (Å²) in [4.78, 5) is 39.2. The van der Waals surface area contributed by atoms with E-state index in [1.807, 2.05) is 10.7 Å². The summed E-state index contributed by atoms with van der Waals surface area (Å²) in [6.45, 7) is 4.76. The van der Waals surface area contributed by atoms with Crippen molar-refractivity contribution in [1.82, 2.24) is 19.6 Å². The smallest absolute Gasteiger partial charge is 0.334 e. The Labute approximate surface area is 174 Å². The van der Waals surface area contributed by atoms with E-state index in [9.17, 15) is 14.4 Å². The summed E-state index contributed by atoms with van der Waals surface area (Å²) in [5, 5.41) is 4.49. The van der Waals surface area contributed by atoms with Crippen molar-refractivity contribution in [3.05, 3.63) is 23.9 Å². The van der Waals surface area contributed by atoms with Gasteiger partial charge in [0.15, 0.2) is 0 Å². The average Bonchev–Trinajstić information content (AvgIpc) is 3.09. The molecule has 0 unspecified atom stereocenters. The molecule has 1 amide bonds. The monoisotopic (exact) mass is 418 g/mol. The van der Waals surface area contributed by atoms with Crippen molar-refractivity contribution < 1.29 is 28.6 Å². The van der Waals surface area contributed by atoms with Gasteiger partial charge in [0.2, 0.25) is 5.88 Å². The maximum absolute atomic E-state index is 12.5. The zero-order valence-corrected chi connectivity index (χ0v) is 16.8. The highest BCUT2D eigenvalue weighted by Crippen LogP contribution is 2.19. The summed E-state index contributed by atoms with van der Waals surface area (Å²) >= 11 is 0. The number of amides is 1. The van der Waals surface area contributed by atoms with Gasteiger partial charge in [0.25, 0.3) is 0 Å². The van der Waals surface area contributed by atoms with E-state index in [0.29, 0.717) is 38.7 Å². The third-order valence-electron chi connectivity index (χ3n) is 5.45. The van der Waals surface area contributed by atoms with Gasteiger partial charge in [0, 0.05) is 63.2 Å². The third kappa shape index (κ3) is 4.99. The number of fused-ring (bicyclic) bond motifs is 1. The van der Waals surface area contributed by atoms with Gasteiger partial charge in [-0.1, -0.05) is 0 Å². The van der Waals surface area contributed by atoms with E-state index in [1.54, 1.807) is 4.90 Å². The number of nitrogens with zero attached hydrogens (tertiary/aromatic N) is 4. The normalized spacial score (nSPS) is 20.3. The molecule has 162 valence electrons. The number of piperazine rings is 1. The number of aromatic nitrogens is 2. The summed E-state index contributed by atoms with van der Waals surface area (Å²) in [7, 11) is 0. The van der Waals surface area contributed by atoms with Crippen LogP contribution < -0.4 is 4.74 Å². The highest BCUT2D eigenvalue weighted by molar-refractivity contribution is 5.96. The Balaban J connectivity index is 1.16. The molecule has 4 heterocycles. The van der Waals surface area contributed by atoms with Gasteiger partial charge >= 0.3 is 24.1 Å². The van der Waals surface area contributed by atoms with Crippen LogP contribution in [0.4, 0.5) is 0 Å². The molecule has 0 saturated carbocycles. The van der Waals surface area contributed by atoms with Crippen LogP contribution in [-0.4, -0.2) is 83.0 Å². The Hall–Kier alpha value is -2.88. The van der Waals surface area contributed by atoms with Crippen molar-refractivity contribution >= 4 is 17.8 Å². The molecular weight excluding hydrogens is 392 g/mol. The van der Waals surface area contributed by atoms with Crippen LogP contribution in [0, 0.1) is 0 Å². The van der Waals surface area contributed by atoms with Gasteiger partial charge in [-0.15, -0.1) is 5.10 Å². The van der Waals surface area contributed by atoms with Crippen LogP contribution in [0.15, 0.2) is 18.2 Å². The number of carbonyl (C=O) groups excluding carboxylic acids is 3. The van der Waals surface area contributed by atoms with Crippen LogP contribution in [0.2, 0.25) is 0 Å². The second-order valence-corrected chi connectivity index (χ2v) is 7.56. The minimum Gasteiger partial charge on any atom is -0.477 e. The molecule has 0 N–H and O–H groups in total. The van der Waals surface area contributed by atoms with Gasteiger partial charge in [-0.25, -0.2) is 9.59 Å². The number of aryl methyl sites for hydroxylation is 2. The van der Waals surface area contributed by atoms with Crippen molar-refractivity contribution in [2.24, 2.45) is 0 Å². The largest absolute Gasteiger partial charge is 0.477 e. The Kier molecular flexibility index (Phi) is 6.32. The fourth-order valence-corrected chi connectivity index (χ4v) is 3.82. The van der Waals surface area contributed by atoms with E-state index in [2.05, 4.69) is 10.00 Å². The number of ether oxygens (including phenoxy) is 3. The van der Waals surface area contributed by atoms with Crippen LogP contribution in [0.3, 0.4) is 0 Å². The summed E-state index contributed by atoms with van der Waals surface area (Å²) < 4.78 is 17.6. The molecule has 0 aliphatic carbocycles. The van der Waals surface area contributed by atoms with Crippen molar-refractivity contribution in [3.63, 3.8) is 0 Å². The molecule has 0 spiro atoms. The number of carbonyl (C=O) groups is 3. The van der Waals surface area contributed by atoms with Gasteiger partial charge < -0.3 is 19.1 Å². The standard InChI is InChI=1S/C20H26N4O6/c25-17-5-6-18(26)30-20(29-17)19(27)23-11-9-22(10-12-23)7-3-13-28-16-14-15-4-1-2-8-24(15)21-16/h5-6,14,20H,1-4,7-13H2. The number of cyclic esters (lactones) is 2. The molecule has 4 rings (SSSR count). The number of hydrogen-bond donors (Lipinski definition) is 0. The lowest BCUT2D eigenvalue weighted by atomic mass is 10.1. The average molecular weight is 418 g/mol. The number of rotatable bonds is 6. The van der Waals surface area contributed by atoms with Crippen LogP contribution >= 0.6 is 0 Å². The predicted octanol–water partition coefficient (Wildman–Crippen LogP) is 0.115. The molecule has 1 saturated heterocycles. The quantitative estimate of drug-likeness (QED) is 0.474. The van der Waals surface area contributed by atoms with Crippen molar-refractivity contribution in [2.75, 3.05) is 39.3 Å². The first-order chi connectivity index (χ1) is 14.6. The van der Waals surface area contributed by atoms with E-state index in [0.717, 1.165) is 38.1 Å². The van der Waals surface area contributed by atoms with Gasteiger partial charge in [-0.05, 0) is 25.7 Å². The minimum absolute atomic E-state index is 0.479. The van der Waals surface area contributed by atoms with Gasteiger partial charge in [-0.3, -0.25) is 14.4 Å². The molecule has 0 atom stereocenters. The van der Waals surface area contributed by atoms with Crippen LogP contribution in [-0.2, 0) is 36.8 Å². The molecule has 0 radical (unpaired) electrons. The fraction of sp³-hybridized carbons (Fsp3) is 0.600. The molecular formula is C20H26N4O6. The first-order valence-electron chi connectivity index (χ1n) is 10.4. The Morgan fingerprint density at radius 3 is 2.50 bits per heavy atom. The van der Waals surface area contributed by atoms with Crippen molar-refractivity contribution in [3.8, 4) is 5.88 Å². The first kappa shape index (κ1) is 20.4. The molecule has 0 aromatic carbocycles. The van der Waals surface area contributed by atoms with E-state index < -0.39 is 24.1 Å². The topological polar surface area (TPSA) is 103 Å². The molecule has 0 bridgehead atoms. The number of esters is 2.